The first kappa shape index (κ1) is 8.60. The van der Waals surface area contributed by atoms with Gasteiger partial charge in [-0.1, -0.05) is 18.2 Å². The Morgan fingerprint density at radius 3 is 2.54 bits per heavy atom. The summed E-state index contributed by atoms with van der Waals surface area (Å²) in [6.07, 6.45) is -0.0842. The lowest BCUT2D eigenvalue weighted by Crippen LogP contribution is -2.13. The number of alkyl halides is 3. The van der Waals surface area contributed by atoms with Crippen molar-refractivity contribution >= 4 is 0 Å². The molecule has 0 nitrogen and oxygen atoms in total. The molecule has 2 aliphatic rings. The van der Waals surface area contributed by atoms with Gasteiger partial charge >= 0.3 is 6.18 Å². The van der Waals surface area contributed by atoms with Crippen molar-refractivity contribution in [3.05, 3.63) is 35.5 Å². The van der Waals surface area contributed by atoms with Crippen LogP contribution in [0.1, 0.15) is 12.8 Å². The second kappa shape index (κ2) is 2.50. The SMILES string of the molecule is C=C1CC2CC2=CC=C1C(F)(F)F. The zero-order valence-corrected chi connectivity index (χ0v) is 6.99. The van der Waals surface area contributed by atoms with E-state index < -0.39 is 11.7 Å². The molecule has 70 valence electrons. The molecule has 2 rings (SSSR count). The van der Waals surface area contributed by atoms with E-state index in [1.807, 2.05) is 0 Å². The van der Waals surface area contributed by atoms with Gasteiger partial charge in [0.05, 0.1) is 5.57 Å². The van der Waals surface area contributed by atoms with Crippen molar-refractivity contribution in [2.24, 2.45) is 5.92 Å². The summed E-state index contributed by atoms with van der Waals surface area (Å²) in [5.74, 6) is 0.337. The van der Waals surface area contributed by atoms with E-state index in [1.165, 1.54) is 0 Å². The van der Waals surface area contributed by atoms with Crippen molar-refractivity contribution in [3.63, 3.8) is 0 Å². The van der Waals surface area contributed by atoms with Gasteiger partial charge in [0.15, 0.2) is 0 Å². The Bertz CT molecular complexity index is 318. The predicted molar refractivity (Wildman–Crippen MR) is 44.1 cm³/mol. The molecular weight excluding hydrogens is 177 g/mol. The van der Waals surface area contributed by atoms with E-state index in [-0.39, 0.29) is 5.57 Å². The molecule has 0 aromatic rings. The molecule has 13 heavy (non-hydrogen) atoms. The molecule has 3 heteroatoms. The molecule has 0 amide bonds. The van der Waals surface area contributed by atoms with Gasteiger partial charge in [0.2, 0.25) is 0 Å². The molecule has 1 saturated carbocycles. The van der Waals surface area contributed by atoms with Gasteiger partial charge in [-0.3, -0.25) is 0 Å². The highest BCUT2D eigenvalue weighted by atomic mass is 19.4. The van der Waals surface area contributed by atoms with Crippen LogP contribution in [-0.2, 0) is 0 Å². The van der Waals surface area contributed by atoms with E-state index in [2.05, 4.69) is 6.58 Å². The number of hydrogen-bond acceptors (Lipinski definition) is 0. The molecule has 0 N–H and O–H groups in total. The molecule has 2 aliphatic carbocycles. The van der Waals surface area contributed by atoms with Crippen molar-refractivity contribution in [3.8, 4) is 0 Å². The lowest BCUT2D eigenvalue weighted by atomic mass is 10.0. The molecule has 0 spiro atoms. The van der Waals surface area contributed by atoms with Crippen molar-refractivity contribution in [2.45, 2.75) is 19.0 Å². The lowest BCUT2D eigenvalue weighted by molar-refractivity contribution is -0.0895. The van der Waals surface area contributed by atoms with Crippen LogP contribution in [-0.4, -0.2) is 6.18 Å². The standard InChI is InChI=1S/C10H9F3/c1-6-4-8-5-7(8)2-3-9(6)10(11,12)13/h2-3,8H,1,4-5H2. The van der Waals surface area contributed by atoms with E-state index in [1.54, 1.807) is 6.08 Å². The van der Waals surface area contributed by atoms with Gasteiger partial charge in [0, 0.05) is 0 Å². The summed E-state index contributed by atoms with van der Waals surface area (Å²) in [5.41, 5.74) is 0.786. The molecule has 1 fully saturated rings. The van der Waals surface area contributed by atoms with Gasteiger partial charge in [0.1, 0.15) is 0 Å². The summed E-state index contributed by atoms with van der Waals surface area (Å²) in [6, 6.07) is 0. The zero-order chi connectivity index (χ0) is 9.64. The van der Waals surface area contributed by atoms with Crippen LogP contribution in [0.25, 0.3) is 0 Å². The number of halogens is 3. The highest BCUT2D eigenvalue weighted by Crippen LogP contribution is 2.47. The monoisotopic (exact) mass is 186 g/mol. The maximum atomic E-state index is 12.4. The van der Waals surface area contributed by atoms with Crippen LogP contribution in [0.2, 0.25) is 0 Å². The Morgan fingerprint density at radius 2 is 1.92 bits per heavy atom. The zero-order valence-electron chi connectivity index (χ0n) is 6.99. The van der Waals surface area contributed by atoms with Gasteiger partial charge in [-0.15, -0.1) is 0 Å². The Balaban J connectivity index is 2.31. The average Bonchev–Trinajstić information content (AvgIpc) is 2.62. The van der Waals surface area contributed by atoms with Gasteiger partial charge < -0.3 is 0 Å². The minimum absolute atomic E-state index is 0.223. The van der Waals surface area contributed by atoms with Gasteiger partial charge in [-0.2, -0.15) is 13.2 Å². The topological polar surface area (TPSA) is 0 Å². The third-order valence-corrected chi connectivity index (χ3v) is 2.49. The Labute approximate surface area is 74.4 Å². The molecule has 0 bridgehead atoms. The van der Waals surface area contributed by atoms with Gasteiger partial charge in [0.25, 0.3) is 0 Å². The second-order valence-electron chi connectivity index (χ2n) is 3.53. The first-order valence-corrected chi connectivity index (χ1v) is 4.14. The van der Waals surface area contributed by atoms with Crippen LogP contribution in [0.4, 0.5) is 13.2 Å². The predicted octanol–water partition coefficient (Wildman–Crippen LogP) is 3.38. The molecule has 0 aromatic carbocycles. The Kier molecular flexibility index (Phi) is 1.65. The van der Waals surface area contributed by atoms with Crippen LogP contribution in [0.5, 0.6) is 0 Å². The molecule has 0 saturated heterocycles. The molecule has 0 radical (unpaired) electrons. The molecule has 0 aliphatic heterocycles. The highest BCUT2D eigenvalue weighted by molar-refractivity contribution is 5.44. The van der Waals surface area contributed by atoms with E-state index in [0.29, 0.717) is 12.3 Å². The van der Waals surface area contributed by atoms with Gasteiger partial charge in [-0.05, 0) is 30.4 Å². The minimum Gasteiger partial charge on any atom is -0.166 e. The van der Waals surface area contributed by atoms with Crippen LogP contribution in [0.15, 0.2) is 35.5 Å². The van der Waals surface area contributed by atoms with Crippen molar-refractivity contribution < 1.29 is 13.2 Å². The summed E-state index contributed by atoms with van der Waals surface area (Å²) < 4.78 is 37.1. The molecule has 0 aromatic heterocycles. The fourth-order valence-corrected chi connectivity index (χ4v) is 1.64. The Morgan fingerprint density at radius 1 is 1.23 bits per heavy atom. The fourth-order valence-electron chi connectivity index (χ4n) is 1.64. The maximum Gasteiger partial charge on any atom is 0.416 e. The lowest BCUT2D eigenvalue weighted by Gasteiger charge is -2.12. The average molecular weight is 186 g/mol. The van der Waals surface area contributed by atoms with Crippen LogP contribution < -0.4 is 0 Å². The highest BCUT2D eigenvalue weighted by Gasteiger charge is 2.39. The van der Waals surface area contributed by atoms with Crippen LogP contribution >= 0.6 is 0 Å². The molecule has 0 heterocycles. The number of hydrogen-bond donors (Lipinski definition) is 0. The van der Waals surface area contributed by atoms with E-state index in [4.69, 9.17) is 0 Å². The second-order valence-corrected chi connectivity index (χ2v) is 3.53. The smallest absolute Gasteiger partial charge is 0.166 e. The summed E-state index contributed by atoms with van der Waals surface area (Å²) in [4.78, 5) is 0. The van der Waals surface area contributed by atoms with Crippen LogP contribution in [0.3, 0.4) is 0 Å². The quantitative estimate of drug-likeness (QED) is 0.544. The number of fused-ring (bicyclic) bond motifs is 1. The molecular formula is C10H9F3. The summed E-state index contributed by atoms with van der Waals surface area (Å²) in [6.45, 7) is 3.48. The first-order chi connectivity index (χ1) is 5.98. The van der Waals surface area contributed by atoms with Crippen molar-refractivity contribution in [2.75, 3.05) is 0 Å². The van der Waals surface area contributed by atoms with Crippen LogP contribution in [0, 0.1) is 5.92 Å². The summed E-state index contributed by atoms with van der Waals surface area (Å²) >= 11 is 0. The first-order valence-electron chi connectivity index (χ1n) is 4.14. The maximum absolute atomic E-state index is 12.4. The number of allylic oxidation sites excluding steroid dienone is 5. The summed E-state index contributed by atoms with van der Waals surface area (Å²) in [5, 5.41) is 0. The molecule has 1 atom stereocenters. The fraction of sp³-hybridized carbons (Fsp3) is 0.400. The van der Waals surface area contributed by atoms with Crippen molar-refractivity contribution in [1.29, 1.82) is 0 Å². The Hall–Kier alpha value is -0.990. The third-order valence-electron chi connectivity index (χ3n) is 2.49. The van der Waals surface area contributed by atoms with E-state index in [9.17, 15) is 13.2 Å². The van der Waals surface area contributed by atoms with Gasteiger partial charge in [-0.25, -0.2) is 0 Å². The van der Waals surface area contributed by atoms with Crippen molar-refractivity contribution in [1.82, 2.24) is 0 Å². The third kappa shape index (κ3) is 1.55. The largest absolute Gasteiger partial charge is 0.416 e. The van der Waals surface area contributed by atoms with E-state index >= 15 is 0 Å². The van der Waals surface area contributed by atoms with E-state index in [0.717, 1.165) is 18.1 Å². The molecule has 1 unspecified atom stereocenters. The summed E-state index contributed by atoms with van der Waals surface area (Å²) in [7, 11) is 0. The normalized spacial score (nSPS) is 27.3. The number of rotatable bonds is 0. The minimum atomic E-state index is -4.25.